The molecule has 0 spiro atoms. The van der Waals surface area contributed by atoms with Crippen molar-refractivity contribution >= 4 is 38.9 Å². The Morgan fingerprint density at radius 1 is 1.28 bits per heavy atom. The van der Waals surface area contributed by atoms with Crippen molar-refractivity contribution < 1.29 is 17.6 Å². The molecule has 0 atom stereocenters. The van der Waals surface area contributed by atoms with Gasteiger partial charge in [-0.3, -0.25) is 4.79 Å². The van der Waals surface area contributed by atoms with E-state index in [0.717, 1.165) is 0 Å². The minimum atomic E-state index is -3.93. The summed E-state index contributed by atoms with van der Waals surface area (Å²) in [5.74, 6) is -1.13. The van der Waals surface area contributed by atoms with E-state index in [0.29, 0.717) is 5.69 Å². The maximum atomic E-state index is 13.8. The molecule has 0 unspecified atom stereocenters. The summed E-state index contributed by atoms with van der Waals surface area (Å²) in [4.78, 5) is 13.8. The second-order valence-electron chi connectivity index (χ2n) is 5.54. The Balaban J connectivity index is 2.33. The first kappa shape index (κ1) is 19.2. The van der Waals surface area contributed by atoms with Gasteiger partial charge in [0.25, 0.3) is 0 Å². The molecule has 0 aliphatic heterocycles. The van der Waals surface area contributed by atoms with Crippen LogP contribution in [-0.4, -0.2) is 28.4 Å². The third kappa shape index (κ3) is 4.68. The summed E-state index contributed by atoms with van der Waals surface area (Å²) in [6.07, 6.45) is -0.294. The number of primary sulfonamides is 1. The molecule has 0 aromatic heterocycles. The fourth-order valence-corrected chi connectivity index (χ4v) is 3.01. The van der Waals surface area contributed by atoms with Crippen molar-refractivity contribution in [3.63, 3.8) is 0 Å². The maximum Gasteiger partial charge on any atom is 0.238 e. The van der Waals surface area contributed by atoms with E-state index in [4.69, 9.17) is 16.7 Å². The lowest BCUT2D eigenvalue weighted by Gasteiger charge is -2.19. The molecule has 0 heterocycles. The molecule has 0 saturated carbocycles. The number of rotatable bonds is 5. The van der Waals surface area contributed by atoms with Gasteiger partial charge in [-0.05, 0) is 30.3 Å². The molecule has 0 aliphatic carbocycles. The topological polar surface area (TPSA) is 92.5 Å². The third-order valence-corrected chi connectivity index (χ3v) is 4.72. The number of benzene rings is 2. The van der Waals surface area contributed by atoms with E-state index in [9.17, 15) is 17.6 Å². The SMILES string of the molecule is CN(C)c1ccc(S(N)(=O)=O)cc1NC(=O)Cc1c(F)cccc1Cl. The smallest absolute Gasteiger partial charge is 0.238 e. The van der Waals surface area contributed by atoms with Gasteiger partial charge in [0.05, 0.1) is 22.7 Å². The molecule has 134 valence electrons. The number of carbonyl (C=O) groups excluding carboxylic acids is 1. The molecule has 2 aromatic rings. The molecule has 1 amide bonds. The number of nitrogens with zero attached hydrogens (tertiary/aromatic N) is 1. The van der Waals surface area contributed by atoms with Gasteiger partial charge in [-0.25, -0.2) is 17.9 Å². The van der Waals surface area contributed by atoms with Gasteiger partial charge in [-0.15, -0.1) is 0 Å². The molecule has 25 heavy (non-hydrogen) atoms. The first-order valence-electron chi connectivity index (χ1n) is 7.16. The molecule has 6 nitrogen and oxygen atoms in total. The van der Waals surface area contributed by atoms with E-state index in [1.807, 2.05) is 0 Å². The summed E-state index contributed by atoms with van der Waals surface area (Å²) in [6, 6.07) is 8.26. The van der Waals surface area contributed by atoms with E-state index in [1.54, 1.807) is 19.0 Å². The van der Waals surface area contributed by atoms with Crippen molar-refractivity contribution in [1.82, 2.24) is 0 Å². The number of hydrogen-bond acceptors (Lipinski definition) is 4. The summed E-state index contributed by atoms with van der Waals surface area (Å²) in [5.41, 5.74) is 0.880. The van der Waals surface area contributed by atoms with Gasteiger partial charge in [-0.1, -0.05) is 17.7 Å². The molecule has 2 aromatic carbocycles. The predicted molar refractivity (Wildman–Crippen MR) is 95.9 cm³/mol. The fourth-order valence-electron chi connectivity index (χ4n) is 2.24. The summed E-state index contributed by atoms with van der Waals surface area (Å²) in [7, 11) is -0.464. The van der Waals surface area contributed by atoms with Crippen LogP contribution in [0, 0.1) is 5.82 Å². The molecule has 0 saturated heterocycles. The van der Waals surface area contributed by atoms with Gasteiger partial charge >= 0.3 is 0 Å². The minimum absolute atomic E-state index is 0.0654. The number of nitrogens with one attached hydrogen (secondary N) is 1. The zero-order valence-electron chi connectivity index (χ0n) is 13.6. The summed E-state index contributed by atoms with van der Waals surface area (Å²) >= 11 is 5.92. The van der Waals surface area contributed by atoms with Crippen molar-refractivity contribution in [1.29, 1.82) is 0 Å². The van der Waals surface area contributed by atoms with E-state index in [1.165, 1.54) is 36.4 Å². The van der Waals surface area contributed by atoms with Crippen LogP contribution in [0.5, 0.6) is 0 Å². The van der Waals surface area contributed by atoms with Crippen LogP contribution in [0.3, 0.4) is 0 Å². The Morgan fingerprint density at radius 2 is 1.96 bits per heavy atom. The predicted octanol–water partition coefficient (Wildman–Crippen LogP) is 2.37. The molecular formula is C16H17ClFN3O3S. The minimum Gasteiger partial charge on any atom is -0.376 e. The van der Waals surface area contributed by atoms with Crippen molar-refractivity contribution in [3.05, 3.63) is 52.8 Å². The average molecular weight is 386 g/mol. The first-order valence-corrected chi connectivity index (χ1v) is 9.09. The Labute approximate surface area is 150 Å². The largest absolute Gasteiger partial charge is 0.376 e. The molecular weight excluding hydrogens is 369 g/mol. The highest BCUT2D eigenvalue weighted by Gasteiger charge is 2.16. The van der Waals surface area contributed by atoms with Crippen molar-refractivity contribution in [2.24, 2.45) is 5.14 Å². The lowest BCUT2D eigenvalue weighted by molar-refractivity contribution is -0.115. The van der Waals surface area contributed by atoms with Crippen LogP contribution in [0.4, 0.5) is 15.8 Å². The lowest BCUT2D eigenvalue weighted by Crippen LogP contribution is -2.20. The Hall–Kier alpha value is -2.16. The van der Waals surface area contributed by atoms with Crippen LogP contribution in [0.2, 0.25) is 5.02 Å². The molecule has 2 rings (SSSR count). The van der Waals surface area contributed by atoms with Gasteiger partial charge in [0.15, 0.2) is 0 Å². The lowest BCUT2D eigenvalue weighted by atomic mass is 10.1. The second kappa shape index (κ2) is 7.38. The number of nitrogens with two attached hydrogens (primary N) is 1. The van der Waals surface area contributed by atoms with Crippen molar-refractivity contribution in [2.75, 3.05) is 24.3 Å². The number of hydrogen-bond donors (Lipinski definition) is 2. The molecule has 3 N–H and O–H groups in total. The van der Waals surface area contributed by atoms with Crippen LogP contribution in [0.15, 0.2) is 41.3 Å². The third-order valence-electron chi connectivity index (χ3n) is 3.45. The first-order chi connectivity index (χ1) is 11.6. The van der Waals surface area contributed by atoms with Crippen LogP contribution >= 0.6 is 11.6 Å². The van der Waals surface area contributed by atoms with E-state index >= 15 is 0 Å². The maximum absolute atomic E-state index is 13.8. The van der Waals surface area contributed by atoms with E-state index in [-0.39, 0.29) is 27.6 Å². The van der Waals surface area contributed by atoms with E-state index < -0.39 is 21.7 Å². The molecule has 0 radical (unpaired) electrons. The molecule has 0 fully saturated rings. The van der Waals surface area contributed by atoms with Gasteiger partial charge in [0.1, 0.15) is 5.82 Å². The number of anilines is 2. The van der Waals surface area contributed by atoms with Crippen LogP contribution in [0.25, 0.3) is 0 Å². The summed E-state index contributed by atoms with van der Waals surface area (Å²) in [6.45, 7) is 0. The zero-order valence-corrected chi connectivity index (χ0v) is 15.2. The number of amides is 1. The highest BCUT2D eigenvalue weighted by molar-refractivity contribution is 7.89. The number of halogens is 2. The van der Waals surface area contributed by atoms with Gasteiger partial charge in [0.2, 0.25) is 15.9 Å². The molecule has 0 bridgehead atoms. The van der Waals surface area contributed by atoms with Gasteiger partial charge in [-0.2, -0.15) is 0 Å². The Bertz CT molecular complexity index is 897. The quantitative estimate of drug-likeness (QED) is 0.826. The summed E-state index contributed by atoms with van der Waals surface area (Å²) < 4.78 is 36.8. The Morgan fingerprint density at radius 3 is 2.52 bits per heavy atom. The molecule has 9 heteroatoms. The standard InChI is InChI=1S/C16H17ClFN3O3S/c1-21(2)15-7-6-10(25(19,23)24)8-14(15)20-16(22)9-11-12(17)4-3-5-13(11)18/h3-8H,9H2,1-2H3,(H,20,22)(H2,19,23,24). The van der Waals surface area contributed by atoms with Crippen molar-refractivity contribution in [3.8, 4) is 0 Å². The monoisotopic (exact) mass is 385 g/mol. The highest BCUT2D eigenvalue weighted by Crippen LogP contribution is 2.28. The van der Waals surface area contributed by atoms with E-state index in [2.05, 4.69) is 5.32 Å². The van der Waals surface area contributed by atoms with Crippen LogP contribution in [-0.2, 0) is 21.2 Å². The fraction of sp³-hybridized carbons (Fsp3) is 0.188. The van der Waals surface area contributed by atoms with Gasteiger partial charge in [0, 0.05) is 24.7 Å². The normalized spacial score (nSPS) is 11.2. The Kier molecular flexibility index (Phi) is 5.66. The van der Waals surface area contributed by atoms with Crippen LogP contribution in [0.1, 0.15) is 5.56 Å². The number of carbonyl (C=O) groups is 1. The zero-order chi connectivity index (χ0) is 18.8. The summed E-state index contributed by atoms with van der Waals surface area (Å²) in [5, 5.41) is 7.85. The average Bonchev–Trinajstić information content (AvgIpc) is 2.50. The highest BCUT2D eigenvalue weighted by atomic mass is 35.5. The second-order valence-corrected chi connectivity index (χ2v) is 7.51. The molecule has 0 aliphatic rings. The van der Waals surface area contributed by atoms with Crippen LogP contribution < -0.4 is 15.4 Å². The number of sulfonamides is 1. The van der Waals surface area contributed by atoms with Gasteiger partial charge < -0.3 is 10.2 Å². The van der Waals surface area contributed by atoms with Crippen molar-refractivity contribution in [2.45, 2.75) is 11.3 Å².